The molecule has 3 aromatic rings. The third-order valence-electron chi connectivity index (χ3n) is 5.68. The molecule has 1 fully saturated rings. The van der Waals surface area contributed by atoms with E-state index in [1.165, 1.54) is 20.9 Å². The number of rotatable bonds is 5. The molecule has 4 nitrogen and oxygen atoms in total. The summed E-state index contributed by atoms with van der Waals surface area (Å²) in [5.74, 6) is -0.0450. The van der Waals surface area contributed by atoms with Gasteiger partial charge in [-0.25, -0.2) is 0 Å². The van der Waals surface area contributed by atoms with Crippen molar-refractivity contribution in [1.82, 2.24) is 9.80 Å². The minimum atomic E-state index is -0.0450. The van der Waals surface area contributed by atoms with Gasteiger partial charge in [0.1, 0.15) is 5.00 Å². The van der Waals surface area contributed by atoms with Crippen molar-refractivity contribution in [2.24, 2.45) is 0 Å². The van der Waals surface area contributed by atoms with Crippen molar-refractivity contribution in [3.63, 3.8) is 0 Å². The molecule has 0 aliphatic carbocycles. The molecule has 2 aromatic heterocycles. The van der Waals surface area contributed by atoms with Crippen LogP contribution in [0.3, 0.4) is 0 Å². The lowest BCUT2D eigenvalue weighted by molar-refractivity contribution is 0.102. The predicted molar refractivity (Wildman–Crippen MR) is 123 cm³/mol. The van der Waals surface area contributed by atoms with Crippen LogP contribution < -0.4 is 5.32 Å². The third kappa shape index (κ3) is 4.31. The van der Waals surface area contributed by atoms with Crippen LogP contribution in [0.15, 0.2) is 47.8 Å². The molecule has 152 valence electrons. The number of carbonyl (C=O) groups excluding carboxylic acids is 1. The molecule has 1 aliphatic heterocycles. The number of thiophene rings is 2. The van der Waals surface area contributed by atoms with Crippen LogP contribution in [-0.2, 0) is 0 Å². The van der Waals surface area contributed by atoms with Gasteiger partial charge >= 0.3 is 0 Å². The predicted octanol–water partition coefficient (Wildman–Crippen LogP) is 5.02. The van der Waals surface area contributed by atoms with Crippen LogP contribution in [0.2, 0.25) is 0 Å². The van der Waals surface area contributed by atoms with Crippen molar-refractivity contribution in [3.8, 4) is 0 Å². The first kappa shape index (κ1) is 20.3. The summed E-state index contributed by atoms with van der Waals surface area (Å²) >= 11 is 3.49. The summed E-state index contributed by atoms with van der Waals surface area (Å²) in [4.78, 5) is 20.4. The quantitative estimate of drug-likeness (QED) is 0.624. The molecule has 0 radical (unpaired) electrons. The normalized spacial score (nSPS) is 16.7. The van der Waals surface area contributed by atoms with Crippen molar-refractivity contribution < 1.29 is 4.79 Å². The third-order valence-corrected chi connectivity index (χ3v) is 7.75. The van der Waals surface area contributed by atoms with Gasteiger partial charge < -0.3 is 10.2 Å². The Balaban J connectivity index is 1.72. The van der Waals surface area contributed by atoms with E-state index in [1.54, 1.807) is 22.7 Å². The first-order valence-corrected chi connectivity index (χ1v) is 11.7. The Morgan fingerprint density at radius 3 is 2.41 bits per heavy atom. The van der Waals surface area contributed by atoms with E-state index in [-0.39, 0.29) is 11.9 Å². The molecule has 6 heteroatoms. The molecule has 0 saturated carbocycles. The summed E-state index contributed by atoms with van der Waals surface area (Å²) in [5.41, 5.74) is 3.23. The number of amides is 1. The number of anilines is 1. The van der Waals surface area contributed by atoms with E-state index in [2.05, 4.69) is 53.5 Å². The smallest absolute Gasteiger partial charge is 0.256 e. The molecule has 4 rings (SSSR count). The zero-order valence-corrected chi connectivity index (χ0v) is 18.8. The van der Waals surface area contributed by atoms with E-state index in [9.17, 15) is 4.79 Å². The molecule has 0 bridgehead atoms. The van der Waals surface area contributed by atoms with Gasteiger partial charge in [0, 0.05) is 47.1 Å². The fourth-order valence-electron chi connectivity index (χ4n) is 3.86. The van der Waals surface area contributed by atoms with Gasteiger partial charge in [0.05, 0.1) is 6.04 Å². The summed E-state index contributed by atoms with van der Waals surface area (Å²) in [7, 11) is 2.18. The Morgan fingerprint density at radius 1 is 1.03 bits per heavy atom. The first-order valence-electron chi connectivity index (χ1n) is 9.97. The molecule has 3 heterocycles. The number of benzene rings is 1. The maximum Gasteiger partial charge on any atom is 0.256 e. The molecule has 0 spiro atoms. The van der Waals surface area contributed by atoms with Crippen LogP contribution in [0.1, 0.15) is 37.3 Å². The van der Waals surface area contributed by atoms with Gasteiger partial charge in [-0.3, -0.25) is 9.69 Å². The monoisotopic (exact) mass is 425 g/mol. The molecule has 1 aliphatic rings. The van der Waals surface area contributed by atoms with Crippen molar-refractivity contribution in [2.45, 2.75) is 19.9 Å². The van der Waals surface area contributed by atoms with Gasteiger partial charge in [0.15, 0.2) is 0 Å². The summed E-state index contributed by atoms with van der Waals surface area (Å²) in [6.45, 7) is 8.53. The highest BCUT2D eigenvalue weighted by molar-refractivity contribution is 7.16. The molecular weight excluding hydrogens is 398 g/mol. The fraction of sp³-hybridized carbons (Fsp3) is 0.348. The highest BCUT2D eigenvalue weighted by Gasteiger charge is 2.31. The average Bonchev–Trinajstić information content (AvgIpc) is 3.35. The van der Waals surface area contributed by atoms with Gasteiger partial charge in [0.25, 0.3) is 5.91 Å². The van der Waals surface area contributed by atoms with E-state index in [1.807, 2.05) is 30.3 Å². The number of piperazine rings is 1. The van der Waals surface area contributed by atoms with Crippen LogP contribution in [0.5, 0.6) is 0 Å². The Hall–Kier alpha value is -1.99. The number of hydrogen-bond donors (Lipinski definition) is 1. The maximum atomic E-state index is 12.9. The van der Waals surface area contributed by atoms with Crippen LogP contribution in [0.4, 0.5) is 5.00 Å². The largest absolute Gasteiger partial charge is 0.313 e. The topological polar surface area (TPSA) is 35.6 Å². The van der Waals surface area contributed by atoms with Crippen molar-refractivity contribution in [1.29, 1.82) is 0 Å². The Morgan fingerprint density at radius 2 is 1.76 bits per heavy atom. The highest BCUT2D eigenvalue weighted by Crippen LogP contribution is 2.43. The SMILES string of the molecule is Cc1sc(NC(=O)c2ccccc2)c([C@@H](c2cccs2)N2CCN(C)CC2)c1C. The van der Waals surface area contributed by atoms with E-state index in [0.29, 0.717) is 5.56 Å². The molecule has 1 N–H and O–H groups in total. The van der Waals surface area contributed by atoms with Gasteiger partial charge in [-0.2, -0.15) is 0 Å². The van der Waals surface area contributed by atoms with Crippen molar-refractivity contribution in [3.05, 3.63) is 74.3 Å². The van der Waals surface area contributed by atoms with Crippen LogP contribution >= 0.6 is 22.7 Å². The number of nitrogens with zero attached hydrogens (tertiary/aromatic N) is 2. The van der Waals surface area contributed by atoms with E-state index >= 15 is 0 Å². The van der Waals surface area contributed by atoms with Crippen LogP contribution in [0.25, 0.3) is 0 Å². The standard InChI is InChI=1S/C23H27N3OS2/c1-16-17(2)29-23(24-22(27)18-8-5-4-6-9-18)20(16)21(19-10-7-15-28-19)26-13-11-25(3)12-14-26/h4-10,15,21H,11-14H2,1-3H3,(H,24,27)/t21-/m1/s1. The summed E-state index contributed by atoms with van der Waals surface area (Å²) < 4.78 is 0. The fourth-order valence-corrected chi connectivity index (χ4v) is 5.82. The zero-order chi connectivity index (χ0) is 20.4. The van der Waals surface area contributed by atoms with Gasteiger partial charge in [0.2, 0.25) is 0 Å². The average molecular weight is 426 g/mol. The molecule has 0 unspecified atom stereocenters. The van der Waals surface area contributed by atoms with E-state index in [4.69, 9.17) is 0 Å². The second-order valence-corrected chi connectivity index (χ2v) is 9.81. The lowest BCUT2D eigenvalue weighted by Crippen LogP contribution is -2.46. The van der Waals surface area contributed by atoms with Gasteiger partial charge in [-0.05, 0) is 50.0 Å². The zero-order valence-electron chi connectivity index (χ0n) is 17.1. The van der Waals surface area contributed by atoms with E-state index < -0.39 is 0 Å². The highest BCUT2D eigenvalue weighted by atomic mass is 32.1. The molecular formula is C23H27N3OS2. The van der Waals surface area contributed by atoms with Crippen LogP contribution in [0, 0.1) is 13.8 Å². The number of hydrogen-bond acceptors (Lipinski definition) is 5. The number of carbonyl (C=O) groups is 1. The number of nitrogens with one attached hydrogen (secondary N) is 1. The number of likely N-dealkylation sites (N-methyl/N-ethyl adjacent to an activating group) is 1. The summed E-state index contributed by atoms with van der Waals surface area (Å²) in [5, 5.41) is 6.35. The van der Waals surface area contributed by atoms with Crippen LogP contribution in [-0.4, -0.2) is 48.9 Å². The molecule has 1 amide bonds. The molecule has 1 saturated heterocycles. The first-order chi connectivity index (χ1) is 14.0. The summed E-state index contributed by atoms with van der Waals surface area (Å²) in [6.07, 6.45) is 0. The minimum absolute atomic E-state index is 0.0450. The van der Waals surface area contributed by atoms with Crippen molar-refractivity contribution >= 4 is 33.6 Å². The Labute approximate surface area is 180 Å². The summed E-state index contributed by atoms with van der Waals surface area (Å²) in [6, 6.07) is 14.0. The van der Waals surface area contributed by atoms with Gasteiger partial charge in [-0.15, -0.1) is 22.7 Å². The Kier molecular flexibility index (Phi) is 6.15. The second-order valence-electron chi connectivity index (χ2n) is 7.60. The maximum absolute atomic E-state index is 12.9. The Bertz CT molecular complexity index is 958. The van der Waals surface area contributed by atoms with Gasteiger partial charge in [-0.1, -0.05) is 24.3 Å². The lowest BCUT2D eigenvalue weighted by Gasteiger charge is -2.38. The lowest BCUT2D eigenvalue weighted by atomic mass is 9.99. The molecule has 1 aromatic carbocycles. The molecule has 29 heavy (non-hydrogen) atoms. The minimum Gasteiger partial charge on any atom is -0.313 e. The molecule has 1 atom stereocenters. The second kappa shape index (κ2) is 8.79. The number of aryl methyl sites for hydroxylation is 1. The van der Waals surface area contributed by atoms with E-state index in [0.717, 1.165) is 31.2 Å². The van der Waals surface area contributed by atoms with Crippen molar-refractivity contribution in [2.75, 3.05) is 38.5 Å².